The van der Waals surface area contributed by atoms with Crippen molar-refractivity contribution in [2.24, 2.45) is 5.92 Å². The fourth-order valence-electron chi connectivity index (χ4n) is 1.92. The fourth-order valence-corrected chi connectivity index (χ4v) is 1.92. The Bertz CT molecular complexity index is 564. The van der Waals surface area contributed by atoms with Crippen molar-refractivity contribution in [1.29, 1.82) is 0 Å². The highest BCUT2D eigenvalue weighted by atomic mass is 16.5. The molecule has 0 aliphatic rings. The summed E-state index contributed by atoms with van der Waals surface area (Å²) in [6, 6.07) is 5.69. The van der Waals surface area contributed by atoms with Gasteiger partial charge in [-0.25, -0.2) is 0 Å². The van der Waals surface area contributed by atoms with Gasteiger partial charge in [-0.15, -0.1) is 0 Å². The minimum absolute atomic E-state index is 0.166. The van der Waals surface area contributed by atoms with E-state index in [2.05, 4.69) is 10.1 Å². The molecule has 2 rings (SSSR count). The zero-order valence-electron chi connectivity index (χ0n) is 11.7. The van der Waals surface area contributed by atoms with Crippen LogP contribution >= 0.6 is 0 Å². The van der Waals surface area contributed by atoms with Gasteiger partial charge in [0.1, 0.15) is 6.10 Å². The number of hydrogen-bond acceptors (Lipinski definition) is 5. The standard InChI is InChI=1S/C14H19N3O2/c1-8(2)12(18-4)13-16-14(19-17-13)10-6-5-9(3)11(15)7-10/h5-8,12H,15H2,1-4H3. The third-order valence-electron chi connectivity index (χ3n) is 3.08. The molecule has 102 valence electrons. The average Bonchev–Trinajstić information content (AvgIpc) is 2.82. The topological polar surface area (TPSA) is 74.2 Å². The van der Waals surface area contributed by atoms with Crippen molar-refractivity contribution in [2.75, 3.05) is 12.8 Å². The lowest BCUT2D eigenvalue weighted by Gasteiger charge is -2.14. The first-order valence-electron chi connectivity index (χ1n) is 6.25. The SMILES string of the molecule is COC(c1noc(-c2ccc(C)c(N)c2)n1)C(C)C. The van der Waals surface area contributed by atoms with E-state index in [9.17, 15) is 0 Å². The smallest absolute Gasteiger partial charge is 0.258 e. The van der Waals surface area contributed by atoms with E-state index in [0.29, 0.717) is 17.4 Å². The number of aromatic nitrogens is 2. The number of aryl methyl sites for hydroxylation is 1. The Balaban J connectivity index is 2.32. The van der Waals surface area contributed by atoms with E-state index in [0.717, 1.165) is 11.1 Å². The van der Waals surface area contributed by atoms with Gasteiger partial charge in [0.05, 0.1) is 0 Å². The summed E-state index contributed by atoms with van der Waals surface area (Å²) in [7, 11) is 1.64. The van der Waals surface area contributed by atoms with Gasteiger partial charge in [0.15, 0.2) is 0 Å². The van der Waals surface area contributed by atoms with E-state index in [1.165, 1.54) is 0 Å². The molecule has 1 aromatic heterocycles. The Morgan fingerprint density at radius 3 is 2.63 bits per heavy atom. The molecule has 5 heteroatoms. The third kappa shape index (κ3) is 2.76. The molecule has 1 heterocycles. The molecule has 1 unspecified atom stereocenters. The number of nitrogen functional groups attached to an aromatic ring is 1. The highest BCUT2D eigenvalue weighted by Crippen LogP contribution is 2.27. The summed E-state index contributed by atoms with van der Waals surface area (Å²) >= 11 is 0. The normalized spacial score (nSPS) is 12.9. The Morgan fingerprint density at radius 2 is 2.05 bits per heavy atom. The molecule has 0 saturated carbocycles. The molecular formula is C14H19N3O2. The van der Waals surface area contributed by atoms with Crippen LogP contribution < -0.4 is 5.73 Å². The van der Waals surface area contributed by atoms with E-state index in [4.69, 9.17) is 15.0 Å². The summed E-state index contributed by atoms with van der Waals surface area (Å²) in [6.07, 6.45) is -0.166. The lowest BCUT2D eigenvalue weighted by Crippen LogP contribution is -2.10. The van der Waals surface area contributed by atoms with Crippen molar-refractivity contribution in [3.63, 3.8) is 0 Å². The van der Waals surface area contributed by atoms with Gasteiger partial charge in [-0.05, 0) is 30.5 Å². The molecule has 0 bridgehead atoms. The Kier molecular flexibility index (Phi) is 3.85. The van der Waals surface area contributed by atoms with Gasteiger partial charge >= 0.3 is 0 Å². The lowest BCUT2D eigenvalue weighted by atomic mass is 10.1. The van der Waals surface area contributed by atoms with E-state index >= 15 is 0 Å². The summed E-state index contributed by atoms with van der Waals surface area (Å²) in [6.45, 7) is 6.06. The van der Waals surface area contributed by atoms with Crippen LogP contribution in [0.2, 0.25) is 0 Å². The van der Waals surface area contributed by atoms with Crippen LogP contribution in [-0.2, 0) is 4.74 Å². The maximum absolute atomic E-state index is 5.88. The fraction of sp³-hybridized carbons (Fsp3) is 0.429. The number of nitrogens with zero attached hydrogens (tertiary/aromatic N) is 2. The molecule has 0 radical (unpaired) electrons. The number of ether oxygens (including phenoxy) is 1. The zero-order valence-corrected chi connectivity index (χ0v) is 11.7. The van der Waals surface area contributed by atoms with Crippen LogP contribution in [0.15, 0.2) is 22.7 Å². The van der Waals surface area contributed by atoms with Crippen LogP contribution in [0.3, 0.4) is 0 Å². The van der Waals surface area contributed by atoms with Crippen LogP contribution in [-0.4, -0.2) is 17.3 Å². The molecule has 2 N–H and O–H groups in total. The predicted octanol–water partition coefficient (Wildman–Crippen LogP) is 2.97. The number of methoxy groups -OCH3 is 1. The summed E-state index contributed by atoms with van der Waals surface area (Å²) in [5, 5.41) is 3.99. The number of benzene rings is 1. The molecule has 0 aliphatic heterocycles. The van der Waals surface area contributed by atoms with E-state index in [-0.39, 0.29) is 12.0 Å². The maximum Gasteiger partial charge on any atom is 0.258 e. The molecule has 0 aliphatic carbocycles. The van der Waals surface area contributed by atoms with E-state index < -0.39 is 0 Å². The number of nitrogens with two attached hydrogens (primary N) is 1. The van der Waals surface area contributed by atoms with Crippen molar-refractivity contribution in [1.82, 2.24) is 10.1 Å². The second kappa shape index (κ2) is 5.40. The Morgan fingerprint density at radius 1 is 1.32 bits per heavy atom. The first-order chi connectivity index (χ1) is 9.02. The second-order valence-electron chi connectivity index (χ2n) is 4.93. The number of hydrogen-bond donors (Lipinski definition) is 1. The zero-order chi connectivity index (χ0) is 14.0. The number of rotatable bonds is 4. The average molecular weight is 261 g/mol. The molecule has 5 nitrogen and oxygen atoms in total. The largest absolute Gasteiger partial charge is 0.398 e. The van der Waals surface area contributed by atoms with Crippen molar-refractivity contribution in [2.45, 2.75) is 26.9 Å². The summed E-state index contributed by atoms with van der Waals surface area (Å²) < 4.78 is 10.7. The quantitative estimate of drug-likeness (QED) is 0.856. The molecule has 1 atom stereocenters. The van der Waals surface area contributed by atoms with Crippen molar-refractivity contribution in [3.05, 3.63) is 29.6 Å². The Labute approximate surface area is 112 Å². The summed E-state index contributed by atoms with van der Waals surface area (Å²) in [4.78, 5) is 4.39. The van der Waals surface area contributed by atoms with E-state index in [1.807, 2.05) is 39.0 Å². The predicted molar refractivity (Wildman–Crippen MR) is 73.5 cm³/mol. The lowest BCUT2D eigenvalue weighted by molar-refractivity contribution is 0.0556. The molecular weight excluding hydrogens is 242 g/mol. The Hall–Kier alpha value is -1.88. The molecule has 0 spiro atoms. The highest BCUT2D eigenvalue weighted by Gasteiger charge is 2.21. The highest BCUT2D eigenvalue weighted by molar-refractivity contribution is 5.62. The van der Waals surface area contributed by atoms with Crippen LogP contribution in [0.25, 0.3) is 11.5 Å². The van der Waals surface area contributed by atoms with Gasteiger partial charge in [0.25, 0.3) is 5.89 Å². The second-order valence-corrected chi connectivity index (χ2v) is 4.93. The van der Waals surface area contributed by atoms with Crippen LogP contribution in [0.1, 0.15) is 31.3 Å². The summed E-state index contributed by atoms with van der Waals surface area (Å²) in [5.74, 6) is 1.30. The minimum atomic E-state index is -0.166. The first-order valence-corrected chi connectivity index (χ1v) is 6.25. The van der Waals surface area contributed by atoms with Crippen LogP contribution in [0.5, 0.6) is 0 Å². The van der Waals surface area contributed by atoms with Crippen molar-refractivity contribution < 1.29 is 9.26 Å². The first kappa shape index (κ1) is 13.5. The molecule has 19 heavy (non-hydrogen) atoms. The van der Waals surface area contributed by atoms with Gasteiger partial charge in [-0.1, -0.05) is 25.1 Å². The summed E-state index contributed by atoms with van der Waals surface area (Å²) in [5.41, 5.74) is 8.44. The molecule has 2 aromatic rings. The maximum atomic E-state index is 5.88. The minimum Gasteiger partial charge on any atom is -0.398 e. The van der Waals surface area contributed by atoms with Gasteiger partial charge in [-0.2, -0.15) is 4.98 Å². The van der Waals surface area contributed by atoms with Gasteiger partial charge in [0, 0.05) is 18.4 Å². The van der Waals surface area contributed by atoms with Gasteiger partial charge in [-0.3, -0.25) is 0 Å². The van der Waals surface area contributed by atoms with E-state index in [1.54, 1.807) is 7.11 Å². The third-order valence-corrected chi connectivity index (χ3v) is 3.08. The molecule has 0 fully saturated rings. The van der Waals surface area contributed by atoms with Crippen molar-refractivity contribution in [3.8, 4) is 11.5 Å². The molecule has 0 amide bonds. The molecule has 1 aromatic carbocycles. The monoisotopic (exact) mass is 261 g/mol. The number of anilines is 1. The van der Waals surface area contributed by atoms with Gasteiger partial charge < -0.3 is 15.0 Å². The van der Waals surface area contributed by atoms with Crippen LogP contribution in [0.4, 0.5) is 5.69 Å². The van der Waals surface area contributed by atoms with Crippen LogP contribution in [0, 0.1) is 12.8 Å². The van der Waals surface area contributed by atoms with Gasteiger partial charge in [0.2, 0.25) is 5.82 Å². The molecule has 0 saturated heterocycles. The van der Waals surface area contributed by atoms with Crippen molar-refractivity contribution >= 4 is 5.69 Å².